The second-order valence-electron chi connectivity index (χ2n) is 12.5. The molecule has 40 heavy (non-hydrogen) atoms. The molecule has 222 valence electrons. The van der Waals surface area contributed by atoms with Gasteiger partial charge in [0.15, 0.2) is 14.4 Å². The number of carboxylic acid groups (broad SMARTS) is 1. The van der Waals surface area contributed by atoms with Crippen molar-refractivity contribution in [2.24, 2.45) is 0 Å². The van der Waals surface area contributed by atoms with Crippen molar-refractivity contribution in [1.29, 1.82) is 0 Å². The van der Waals surface area contributed by atoms with Gasteiger partial charge >= 0.3 is 11.9 Å². The van der Waals surface area contributed by atoms with Crippen LogP contribution in [-0.4, -0.2) is 38.1 Å². The summed E-state index contributed by atoms with van der Waals surface area (Å²) in [7, 11) is -1.61. The first-order valence-electron chi connectivity index (χ1n) is 15.2. The van der Waals surface area contributed by atoms with Crippen LogP contribution in [-0.2, 0) is 18.8 Å². The lowest BCUT2D eigenvalue weighted by molar-refractivity contribution is -0.165. The van der Waals surface area contributed by atoms with Gasteiger partial charge in [-0.2, -0.15) is 0 Å². The third-order valence-electron chi connectivity index (χ3n) is 8.17. The highest BCUT2D eigenvalue weighted by molar-refractivity contribution is 6.74. The summed E-state index contributed by atoms with van der Waals surface area (Å²) in [4.78, 5) is 25.0. The molecule has 0 radical (unpaired) electrons. The Morgan fingerprint density at radius 3 is 1.57 bits per heavy atom. The summed E-state index contributed by atoms with van der Waals surface area (Å²) in [6.45, 7) is 12.4. The number of aliphatic carboxylic acids is 1. The Kier molecular flexibility index (Phi) is 14.7. The summed E-state index contributed by atoms with van der Waals surface area (Å²) >= 11 is 0. The largest absolute Gasteiger partial charge is 0.479 e. The summed E-state index contributed by atoms with van der Waals surface area (Å²) in [5.41, 5.74) is 1.59. The molecule has 0 aliphatic carbocycles. The summed E-state index contributed by atoms with van der Waals surface area (Å²) in [6, 6.07) is 18.8. The maximum absolute atomic E-state index is 13.2. The standard InChI is InChI=1S/C34H52O5Si/c1-34(2,3)40(4,5)38-27-21-13-11-9-7-6-8-10-12-20-26-30(32(35)36)39-33(37)31(28-22-16-14-17-23-28)29-24-18-15-19-25-29/h14-19,22-25,30-31H,6-13,20-21,26-27H2,1-5H3,(H,35,36)/t30-/m1/s1. The van der Waals surface area contributed by atoms with Crippen LogP contribution in [0.3, 0.4) is 0 Å². The van der Waals surface area contributed by atoms with E-state index in [4.69, 9.17) is 9.16 Å². The van der Waals surface area contributed by atoms with Crippen molar-refractivity contribution < 1.29 is 23.9 Å². The molecule has 0 spiro atoms. The van der Waals surface area contributed by atoms with E-state index < -0.39 is 32.3 Å². The van der Waals surface area contributed by atoms with Crippen LogP contribution in [0.1, 0.15) is 108 Å². The summed E-state index contributed by atoms with van der Waals surface area (Å²) < 4.78 is 11.8. The lowest BCUT2D eigenvalue weighted by Gasteiger charge is -2.36. The molecule has 1 N–H and O–H groups in total. The topological polar surface area (TPSA) is 72.8 Å². The molecular formula is C34H52O5Si. The molecule has 0 saturated heterocycles. The molecule has 0 aromatic heterocycles. The van der Waals surface area contributed by atoms with E-state index in [0.717, 1.165) is 49.8 Å². The molecule has 1 atom stereocenters. The lowest BCUT2D eigenvalue weighted by atomic mass is 9.91. The van der Waals surface area contributed by atoms with Gasteiger partial charge in [-0.25, -0.2) is 4.79 Å². The van der Waals surface area contributed by atoms with Crippen molar-refractivity contribution in [2.45, 2.75) is 122 Å². The molecule has 0 saturated carbocycles. The fourth-order valence-corrected chi connectivity index (χ4v) is 5.67. The number of esters is 1. The Bertz CT molecular complexity index is 945. The highest BCUT2D eigenvalue weighted by Crippen LogP contribution is 2.36. The van der Waals surface area contributed by atoms with Gasteiger partial charge in [-0.1, -0.05) is 133 Å². The Balaban J connectivity index is 1.62. The highest BCUT2D eigenvalue weighted by Gasteiger charge is 2.36. The number of unbranched alkanes of at least 4 members (excludes halogenated alkanes) is 9. The second kappa shape index (κ2) is 17.4. The minimum atomic E-state index is -1.61. The number of hydrogen-bond donors (Lipinski definition) is 1. The van der Waals surface area contributed by atoms with Gasteiger partial charge in [0.2, 0.25) is 0 Å². The number of carboxylic acids is 1. The molecule has 2 rings (SSSR count). The van der Waals surface area contributed by atoms with Crippen LogP contribution in [0.4, 0.5) is 0 Å². The Morgan fingerprint density at radius 1 is 0.725 bits per heavy atom. The van der Waals surface area contributed by atoms with Crippen LogP contribution in [0.2, 0.25) is 18.1 Å². The van der Waals surface area contributed by atoms with E-state index in [1.54, 1.807) is 0 Å². The van der Waals surface area contributed by atoms with Crippen LogP contribution in [0.25, 0.3) is 0 Å². The molecule has 0 aliphatic rings. The SMILES string of the molecule is CC(C)(C)[Si](C)(C)OCCCCCCCCCCCC[C@@H](OC(=O)C(c1ccccc1)c1ccccc1)C(=O)O. The predicted molar refractivity (Wildman–Crippen MR) is 166 cm³/mol. The zero-order valence-corrected chi connectivity index (χ0v) is 26.5. The second-order valence-corrected chi connectivity index (χ2v) is 17.3. The van der Waals surface area contributed by atoms with E-state index in [2.05, 4.69) is 33.9 Å². The molecule has 2 aromatic rings. The van der Waals surface area contributed by atoms with Gasteiger partial charge in [-0.15, -0.1) is 0 Å². The lowest BCUT2D eigenvalue weighted by Crippen LogP contribution is -2.40. The number of benzene rings is 2. The van der Waals surface area contributed by atoms with Gasteiger partial charge < -0.3 is 14.3 Å². The summed E-state index contributed by atoms with van der Waals surface area (Å²) in [5.74, 6) is -2.24. The maximum atomic E-state index is 13.2. The molecule has 5 nitrogen and oxygen atoms in total. The van der Waals surface area contributed by atoms with Crippen LogP contribution in [0, 0.1) is 0 Å². The monoisotopic (exact) mass is 568 g/mol. The minimum absolute atomic E-state index is 0.278. The molecule has 0 aliphatic heterocycles. The molecule has 0 heterocycles. The van der Waals surface area contributed by atoms with E-state index >= 15 is 0 Å². The van der Waals surface area contributed by atoms with Crippen LogP contribution >= 0.6 is 0 Å². The van der Waals surface area contributed by atoms with Crippen molar-refractivity contribution in [3.05, 3.63) is 71.8 Å². The fraction of sp³-hybridized carbons (Fsp3) is 0.588. The molecule has 0 fully saturated rings. The molecule has 0 amide bonds. The first kappa shape index (κ1) is 33.8. The van der Waals surface area contributed by atoms with Crippen LogP contribution in [0.15, 0.2) is 60.7 Å². The number of carbonyl (C=O) groups excluding carboxylic acids is 1. The van der Waals surface area contributed by atoms with E-state index in [0.29, 0.717) is 6.42 Å². The number of hydrogen-bond acceptors (Lipinski definition) is 4. The van der Waals surface area contributed by atoms with Gasteiger partial charge in [0.1, 0.15) is 5.92 Å². The normalized spacial score (nSPS) is 12.8. The van der Waals surface area contributed by atoms with Gasteiger partial charge in [0, 0.05) is 6.61 Å². The Labute approximate surface area is 243 Å². The summed E-state index contributed by atoms with van der Waals surface area (Å²) in [6.07, 6.45) is 10.5. The van der Waals surface area contributed by atoms with Crippen molar-refractivity contribution in [3.63, 3.8) is 0 Å². The average Bonchev–Trinajstić information content (AvgIpc) is 2.91. The number of ether oxygens (including phenoxy) is 1. The van der Waals surface area contributed by atoms with E-state index in [1.165, 1.54) is 32.1 Å². The maximum Gasteiger partial charge on any atom is 0.345 e. The molecule has 0 unspecified atom stereocenters. The van der Waals surface area contributed by atoms with Gasteiger partial charge in [0.05, 0.1) is 0 Å². The molecular weight excluding hydrogens is 516 g/mol. The van der Waals surface area contributed by atoms with Gasteiger partial charge in [-0.05, 0) is 48.5 Å². The number of rotatable bonds is 19. The van der Waals surface area contributed by atoms with Crippen LogP contribution < -0.4 is 0 Å². The van der Waals surface area contributed by atoms with Crippen LogP contribution in [0.5, 0.6) is 0 Å². The highest BCUT2D eigenvalue weighted by atomic mass is 28.4. The fourth-order valence-electron chi connectivity index (χ4n) is 4.59. The minimum Gasteiger partial charge on any atom is -0.479 e. The van der Waals surface area contributed by atoms with E-state index in [9.17, 15) is 14.7 Å². The van der Waals surface area contributed by atoms with Gasteiger partial charge in [-0.3, -0.25) is 4.79 Å². The molecule has 2 aromatic carbocycles. The Morgan fingerprint density at radius 2 is 1.15 bits per heavy atom. The van der Waals surface area contributed by atoms with E-state index in [-0.39, 0.29) is 5.04 Å². The molecule has 0 bridgehead atoms. The smallest absolute Gasteiger partial charge is 0.345 e. The van der Waals surface area contributed by atoms with E-state index in [1.807, 2.05) is 60.7 Å². The van der Waals surface area contributed by atoms with Crippen molar-refractivity contribution in [3.8, 4) is 0 Å². The first-order chi connectivity index (χ1) is 19.0. The van der Waals surface area contributed by atoms with Crippen molar-refractivity contribution in [1.82, 2.24) is 0 Å². The predicted octanol–water partition coefficient (Wildman–Crippen LogP) is 9.13. The zero-order valence-electron chi connectivity index (χ0n) is 25.5. The van der Waals surface area contributed by atoms with Crippen molar-refractivity contribution in [2.75, 3.05) is 6.61 Å². The first-order valence-corrected chi connectivity index (χ1v) is 18.1. The zero-order chi connectivity index (χ0) is 29.4. The average molecular weight is 569 g/mol. The quantitative estimate of drug-likeness (QED) is 0.104. The third kappa shape index (κ3) is 12.0. The van der Waals surface area contributed by atoms with Crippen molar-refractivity contribution >= 4 is 20.3 Å². The summed E-state index contributed by atoms with van der Waals surface area (Å²) in [5, 5.41) is 9.99. The Hall–Kier alpha value is -2.44. The third-order valence-corrected chi connectivity index (χ3v) is 12.7. The molecule has 6 heteroatoms. The number of carbonyl (C=O) groups is 2. The van der Waals surface area contributed by atoms with Gasteiger partial charge in [0.25, 0.3) is 0 Å².